The van der Waals surface area contributed by atoms with E-state index in [1.54, 1.807) is 23.4 Å². The summed E-state index contributed by atoms with van der Waals surface area (Å²) in [6, 6.07) is 6.89. The van der Waals surface area contributed by atoms with Gasteiger partial charge in [0.2, 0.25) is 10.0 Å². The van der Waals surface area contributed by atoms with Crippen LogP contribution in [0.2, 0.25) is 0 Å². The molecule has 1 saturated heterocycles. The highest BCUT2D eigenvalue weighted by Crippen LogP contribution is 2.33. The Bertz CT molecular complexity index is 904. The van der Waals surface area contributed by atoms with Gasteiger partial charge in [0.1, 0.15) is 23.0 Å². The molecule has 2 aromatic rings. The Morgan fingerprint density at radius 1 is 1.23 bits per heavy atom. The molecule has 26 heavy (non-hydrogen) atoms. The number of piperidine rings is 1. The Hall–Kier alpha value is -1.93. The van der Waals surface area contributed by atoms with Gasteiger partial charge in [-0.3, -0.25) is 0 Å². The van der Waals surface area contributed by atoms with Crippen LogP contribution in [0.1, 0.15) is 29.9 Å². The number of hydrogen-bond acceptors (Lipinski definition) is 5. The van der Waals surface area contributed by atoms with Gasteiger partial charge in [-0.25, -0.2) is 17.1 Å². The lowest BCUT2D eigenvalue weighted by Gasteiger charge is -2.37. The number of aromatic nitrogens is 1. The second kappa shape index (κ2) is 6.66. The first-order valence-corrected chi connectivity index (χ1v) is 10.5. The van der Waals surface area contributed by atoms with Crippen molar-refractivity contribution < 1.29 is 17.3 Å². The lowest BCUT2D eigenvalue weighted by Crippen LogP contribution is -2.46. The van der Waals surface area contributed by atoms with E-state index in [0.29, 0.717) is 30.6 Å². The number of halogens is 1. The van der Waals surface area contributed by atoms with E-state index in [0.717, 1.165) is 37.1 Å². The molecule has 0 spiro atoms. The average Bonchev–Trinajstić information content (AvgIpc) is 3.20. The minimum absolute atomic E-state index is 0.124. The van der Waals surface area contributed by atoms with Crippen molar-refractivity contribution in [3.63, 3.8) is 0 Å². The van der Waals surface area contributed by atoms with Crippen LogP contribution in [0.5, 0.6) is 0 Å². The first-order chi connectivity index (χ1) is 12.4. The molecular formula is C18H22FN3O3S. The van der Waals surface area contributed by atoms with E-state index in [2.05, 4.69) is 10.1 Å². The monoisotopic (exact) mass is 379 g/mol. The van der Waals surface area contributed by atoms with Crippen LogP contribution in [0, 0.1) is 12.7 Å². The number of fused-ring (bicyclic) bond motifs is 1. The lowest BCUT2D eigenvalue weighted by molar-refractivity contribution is 0.311. The van der Waals surface area contributed by atoms with Gasteiger partial charge in [-0.05, 0) is 49.9 Å². The molecular weight excluding hydrogens is 357 g/mol. The van der Waals surface area contributed by atoms with E-state index in [9.17, 15) is 12.8 Å². The van der Waals surface area contributed by atoms with E-state index in [4.69, 9.17) is 4.52 Å². The van der Waals surface area contributed by atoms with Gasteiger partial charge in [-0.1, -0.05) is 5.16 Å². The molecule has 4 rings (SSSR count). The van der Waals surface area contributed by atoms with E-state index < -0.39 is 10.0 Å². The topological polar surface area (TPSA) is 66.7 Å². The van der Waals surface area contributed by atoms with Crippen LogP contribution in [-0.4, -0.2) is 43.6 Å². The number of benzene rings is 1. The van der Waals surface area contributed by atoms with Gasteiger partial charge < -0.3 is 9.42 Å². The third-order valence-electron chi connectivity index (χ3n) is 5.24. The third-order valence-corrected chi connectivity index (χ3v) is 7.05. The predicted octanol–water partition coefficient (Wildman–Crippen LogP) is 2.48. The molecule has 140 valence electrons. The van der Waals surface area contributed by atoms with Crippen LogP contribution in [0.3, 0.4) is 0 Å². The summed E-state index contributed by atoms with van der Waals surface area (Å²) >= 11 is 0. The molecule has 0 atom stereocenters. The highest BCUT2D eigenvalue weighted by atomic mass is 32.2. The van der Waals surface area contributed by atoms with Crippen LogP contribution in [0.25, 0.3) is 0 Å². The molecule has 2 aliphatic rings. The molecule has 6 nitrogen and oxygen atoms in total. The zero-order valence-electron chi connectivity index (χ0n) is 14.7. The summed E-state index contributed by atoms with van der Waals surface area (Å²) in [5, 5.41) is 3.79. The van der Waals surface area contributed by atoms with E-state index in [-0.39, 0.29) is 11.6 Å². The maximum Gasteiger partial charge on any atom is 0.219 e. The Kier molecular flexibility index (Phi) is 4.48. The molecule has 1 aromatic carbocycles. The third kappa shape index (κ3) is 3.35. The molecule has 0 saturated carbocycles. The summed E-state index contributed by atoms with van der Waals surface area (Å²) in [7, 11) is -3.39. The Balaban J connectivity index is 1.40. The molecule has 1 fully saturated rings. The summed E-state index contributed by atoms with van der Waals surface area (Å²) in [6.45, 7) is 3.61. The normalized spacial score (nSPS) is 19.1. The van der Waals surface area contributed by atoms with Crippen LogP contribution < -0.4 is 4.90 Å². The molecule has 1 aromatic heterocycles. The van der Waals surface area contributed by atoms with Crippen molar-refractivity contribution in [1.29, 1.82) is 0 Å². The summed E-state index contributed by atoms with van der Waals surface area (Å²) in [5.41, 5.74) is 2.58. The van der Waals surface area contributed by atoms with Crippen molar-refractivity contribution in [2.45, 2.75) is 38.0 Å². The SMILES string of the molecule is Cc1cc(CS(=O)(=O)N2CCC(N3CCc4cc(F)ccc43)CC2)no1. The molecule has 0 amide bonds. The number of aryl methyl sites for hydroxylation is 1. The van der Waals surface area contributed by atoms with Gasteiger partial charge in [-0.15, -0.1) is 0 Å². The van der Waals surface area contributed by atoms with Crippen molar-refractivity contribution >= 4 is 15.7 Å². The van der Waals surface area contributed by atoms with Crippen molar-refractivity contribution in [1.82, 2.24) is 9.46 Å². The molecule has 2 aliphatic heterocycles. The largest absolute Gasteiger partial charge is 0.368 e. The second-order valence-electron chi connectivity index (χ2n) is 7.03. The van der Waals surface area contributed by atoms with Gasteiger partial charge >= 0.3 is 0 Å². The zero-order chi connectivity index (χ0) is 18.3. The smallest absolute Gasteiger partial charge is 0.219 e. The Labute approximate surface area is 152 Å². The standard InChI is InChI=1S/C18H22FN3O3S/c1-13-10-16(20-25-13)12-26(23,24)21-7-5-17(6-8-21)22-9-4-14-11-15(19)2-3-18(14)22/h2-3,10-11,17H,4-9,12H2,1H3. The van der Waals surface area contributed by atoms with E-state index in [1.165, 1.54) is 6.07 Å². The van der Waals surface area contributed by atoms with Crippen molar-refractivity contribution in [3.8, 4) is 0 Å². The number of rotatable bonds is 4. The molecule has 0 aliphatic carbocycles. The summed E-state index contributed by atoms with van der Waals surface area (Å²) in [4.78, 5) is 2.31. The predicted molar refractivity (Wildman–Crippen MR) is 95.9 cm³/mol. The fraction of sp³-hybridized carbons (Fsp3) is 0.500. The van der Waals surface area contributed by atoms with Gasteiger partial charge in [-0.2, -0.15) is 0 Å². The molecule has 0 unspecified atom stereocenters. The minimum Gasteiger partial charge on any atom is -0.368 e. The van der Waals surface area contributed by atoms with Crippen LogP contribution >= 0.6 is 0 Å². The molecule has 0 bridgehead atoms. The van der Waals surface area contributed by atoms with Gasteiger partial charge in [0.05, 0.1) is 0 Å². The highest BCUT2D eigenvalue weighted by Gasteiger charge is 2.33. The van der Waals surface area contributed by atoms with E-state index in [1.807, 2.05) is 6.07 Å². The lowest BCUT2D eigenvalue weighted by atomic mass is 10.0. The van der Waals surface area contributed by atoms with Crippen LogP contribution in [0.4, 0.5) is 10.1 Å². The number of hydrogen-bond donors (Lipinski definition) is 0. The number of anilines is 1. The molecule has 3 heterocycles. The second-order valence-corrected chi connectivity index (χ2v) is 9.00. The maximum atomic E-state index is 13.4. The minimum atomic E-state index is -3.39. The Morgan fingerprint density at radius 3 is 2.69 bits per heavy atom. The summed E-state index contributed by atoms with van der Waals surface area (Å²) in [5.74, 6) is 0.286. The maximum absolute atomic E-state index is 13.4. The molecule has 8 heteroatoms. The number of sulfonamides is 1. The van der Waals surface area contributed by atoms with Crippen molar-refractivity contribution in [2.24, 2.45) is 0 Å². The first kappa shape index (κ1) is 17.5. The molecule has 0 N–H and O–H groups in total. The summed E-state index contributed by atoms with van der Waals surface area (Å²) < 4.78 is 45.1. The van der Waals surface area contributed by atoms with Crippen LogP contribution in [-0.2, 0) is 22.2 Å². The molecule has 0 radical (unpaired) electrons. The van der Waals surface area contributed by atoms with Crippen LogP contribution in [0.15, 0.2) is 28.8 Å². The van der Waals surface area contributed by atoms with Crippen molar-refractivity contribution in [2.75, 3.05) is 24.5 Å². The number of nitrogens with zero attached hydrogens (tertiary/aromatic N) is 3. The average molecular weight is 379 g/mol. The first-order valence-electron chi connectivity index (χ1n) is 8.87. The zero-order valence-corrected chi connectivity index (χ0v) is 15.5. The van der Waals surface area contributed by atoms with Gasteiger partial charge in [0.15, 0.2) is 0 Å². The Morgan fingerprint density at radius 2 is 2.00 bits per heavy atom. The fourth-order valence-electron chi connectivity index (χ4n) is 3.97. The van der Waals surface area contributed by atoms with Crippen molar-refractivity contribution in [3.05, 3.63) is 47.1 Å². The summed E-state index contributed by atoms with van der Waals surface area (Å²) in [6.07, 6.45) is 2.39. The van der Waals surface area contributed by atoms with Gasteiger partial charge in [0, 0.05) is 37.4 Å². The quantitative estimate of drug-likeness (QED) is 0.817. The van der Waals surface area contributed by atoms with Gasteiger partial charge in [0.25, 0.3) is 0 Å². The van der Waals surface area contributed by atoms with E-state index >= 15 is 0 Å². The fourth-order valence-corrected chi connectivity index (χ4v) is 5.43. The highest BCUT2D eigenvalue weighted by molar-refractivity contribution is 7.88.